The van der Waals surface area contributed by atoms with E-state index in [1.807, 2.05) is 39.0 Å². The van der Waals surface area contributed by atoms with Gasteiger partial charge in [0.05, 0.1) is 6.04 Å². The molecule has 1 aliphatic heterocycles. The van der Waals surface area contributed by atoms with Crippen LogP contribution in [0.1, 0.15) is 48.3 Å². The fourth-order valence-electron chi connectivity index (χ4n) is 3.34. The largest absolute Gasteiger partial charge is 0.352 e. The van der Waals surface area contributed by atoms with Gasteiger partial charge in [0.1, 0.15) is 5.82 Å². The summed E-state index contributed by atoms with van der Waals surface area (Å²) >= 11 is 0. The molecular weight excluding hydrogens is 369 g/mol. The number of hydrogen-bond donors (Lipinski definition) is 2. The van der Waals surface area contributed by atoms with Crippen LogP contribution in [0, 0.1) is 11.2 Å². The minimum absolute atomic E-state index is 0.0172. The highest BCUT2D eigenvalue weighted by Crippen LogP contribution is 2.25. The predicted octanol–water partition coefficient (Wildman–Crippen LogP) is 3.27. The van der Waals surface area contributed by atoms with Gasteiger partial charge in [-0.05, 0) is 35.4 Å². The molecule has 2 amide bonds. The molecule has 0 spiro atoms. The van der Waals surface area contributed by atoms with Crippen LogP contribution in [0.4, 0.5) is 4.39 Å². The number of halogens is 1. The van der Waals surface area contributed by atoms with E-state index in [0.29, 0.717) is 31.7 Å². The maximum Gasteiger partial charge on any atom is 0.254 e. The van der Waals surface area contributed by atoms with E-state index >= 15 is 0 Å². The predicted molar refractivity (Wildman–Crippen MR) is 111 cm³/mol. The molecule has 1 saturated heterocycles. The molecule has 29 heavy (non-hydrogen) atoms. The molecule has 0 aromatic heterocycles. The Labute approximate surface area is 171 Å². The van der Waals surface area contributed by atoms with Gasteiger partial charge in [-0.1, -0.05) is 45.0 Å². The lowest BCUT2D eigenvalue weighted by molar-refractivity contribution is -0.128. The molecule has 0 aliphatic carbocycles. The molecule has 2 N–H and O–H groups in total. The Morgan fingerprint density at radius 3 is 2.55 bits per heavy atom. The number of rotatable bonds is 4. The molecule has 2 aromatic carbocycles. The van der Waals surface area contributed by atoms with Gasteiger partial charge in [-0.2, -0.15) is 0 Å². The molecule has 5 nitrogen and oxygen atoms in total. The fourth-order valence-corrected chi connectivity index (χ4v) is 3.34. The van der Waals surface area contributed by atoms with E-state index in [0.717, 1.165) is 11.1 Å². The summed E-state index contributed by atoms with van der Waals surface area (Å²) in [6.07, 6.45) is 0. The molecule has 1 unspecified atom stereocenters. The lowest BCUT2D eigenvalue weighted by Crippen LogP contribution is -2.48. The highest BCUT2D eigenvalue weighted by atomic mass is 19.1. The summed E-state index contributed by atoms with van der Waals surface area (Å²) in [4.78, 5) is 26.9. The number of hydrogen-bond acceptors (Lipinski definition) is 3. The first-order valence-electron chi connectivity index (χ1n) is 9.90. The smallest absolute Gasteiger partial charge is 0.254 e. The first-order chi connectivity index (χ1) is 13.8. The van der Waals surface area contributed by atoms with E-state index in [2.05, 4.69) is 10.6 Å². The van der Waals surface area contributed by atoms with Gasteiger partial charge in [-0.3, -0.25) is 9.59 Å². The van der Waals surface area contributed by atoms with Crippen molar-refractivity contribution in [2.75, 3.05) is 19.6 Å². The number of nitrogens with zero attached hydrogens (tertiary/aromatic N) is 1. The van der Waals surface area contributed by atoms with Crippen molar-refractivity contribution in [2.45, 2.75) is 33.4 Å². The molecule has 1 heterocycles. The zero-order valence-corrected chi connectivity index (χ0v) is 17.2. The molecule has 0 bridgehead atoms. The molecule has 6 heteroatoms. The van der Waals surface area contributed by atoms with Gasteiger partial charge in [0.25, 0.3) is 5.91 Å². The summed E-state index contributed by atoms with van der Waals surface area (Å²) in [7, 11) is 0. The van der Waals surface area contributed by atoms with Crippen molar-refractivity contribution in [3.8, 4) is 0 Å². The number of nitrogens with one attached hydrogen (secondary N) is 2. The average molecular weight is 397 g/mol. The number of carbonyl (C=O) groups is 2. The van der Waals surface area contributed by atoms with Crippen molar-refractivity contribution in [2.24, 2.45) is 5.41 Å². The standard InChI is InChI=1S/C23H28FN3O2/c1-23(2,3)22(29)26-14-16-7-9-17(10-8-16)21(28)27-12-11-25-15-20(27)18-5-4-6-19(24)13-18/h4-10,13,20,25H,11-12,14-15H2,1-3H3,(H,26,29). The Hall–Kier alpha value is -2.73. The van der Waals surface area contributed by atoms with E-state index in [9.17, 15) is 14.0 Å². The minimum atomic E-state index is -0.440. The molecule has 0 radical (unpaired) electrons. The summed E-state index contributed by atoms with van der Waals surface area (Å²) in [6.45, 7) is 7.87. The van der Waals surface area contributed by atoms with Crippen LogP contribution in [0.3, 0.4) is 0 Å². The average Bonchev–Trinajstić information content (AvgIpc) is 2.71. The Kier molecular flexibility index (Phi) is 6.33. The van der Waals surface area contributed by atoms with Crippen molar-refractivity contribution in [3.63, 3.8) is 0 Å². The lowest BCUT2D eigenvalue weighted by atomic mass is 9.95. The molecule has 3 rings (SSSR count). The Bertz CT molecular complexity index is 874. The summed E-state index contributed by atoms with van der Waals surface area (Å²) in [5.74, 6) is -0.399. The van der Waals surface area contributed by atoms with Gasteiger partial charge in [0.15, 0.2) is 0 Å². The highest BCUT2D eigenvalue weighted by Gasteiger charge is 2.29. The zero-order valence-electron chi connectivity index (χ0n) is 17.2. The SMILES string of the molecule is CC(C)(C)C(=O)NCc1ccc(C(=O)N2CCNCC2c2cccc(F)c2)cc1. The monoisotopic (exact) mass is 397 g/mol. The van der Waals surface area contributed by atoms with Crippen LogP contribution >= 0.6 is 0 Å². The highest BCUT2D eigenvalue weighted by molar-refractivity contribution is 5.94. The van der Waals surface area contributed by atoms with E-state index < -0.39 is 5.41 Å². The van der Waals surface area contributed by atoms with Gasteiger partial charge < -0.3 is 15.5 Å². The summed E-state index contributed by atoms with van der Waals surface area (Å²) in [5, 5.41) is 6.19. The van der Waals surface area contributed by atoms with E-state index in [1.54, 1.807) is 23.1 Å². The quantitative estimate of drug-likeness (QED) is 0.832. The second-order valence-electron chi connectivity index (χ2n) is 8.40. The zero-order chi connectivity index (χ0) is 21.0. The topological polar surface area (TPSA) is 61.4 Å². The van der Waals surface area contributed by atoms with Gasteiger partial charge in [-0.15, -0.1) is 0 Å². The number of amides is 2. The summed E-state index contributed by atoms with van der Waals surface area (Å²) in [6, 6.07) is 13.5. The third kappa shape index (κ3) is 5.21. The Balaban J connectivity index is 1.71. The fraction of sp³-hybridized carbons (Fsp3) is 0.391. The number of carbonyl (C=O) groups excluding carboxylic acids is 2. The van der Waals surface area contributed by atoms with Gasteiger partial charge in [0.2, 0.25) is 5.91 Å². The second-order valence-corrected chi connectivity index (χ2v) is 8.40. The summed E-state index contributed by atoms with van der Waals surface area (Å²) < 4.78 is 13.7. The van der Waals surface area contributed by atoms with E-state index in [-0.39, 0.29) is 23.7 Å². The second kappa shape index (κ2) is 8.74. The third-order valence-corrected chi connectivity index (χ3v) is 5.07. The molecule has 2 aromatic rings. The summed E-state index contributed by atoms with van der Waals surface area (Å²) in [5.41, 5.74) is 1.86. The van der Waals surface area contributed by atoms with Crippen LogP contribution in [-0.2, 0) is 11.3 Å². The van der Waals surface area contributed by atoms with Gasteiger partial charge in [0, 0.05) is 37.2 Å². The number of benzene rings is 2. The van der Waals surface area contributed by atoms with Crippen LogP contribution < -0.4 is 10.6 Å². The first kappa shape index (κ1) is 21.0. The van der Waals surface area contributed by atoms with Crippen LogP contribution in [0.25, 0.3) is 0 Å². The van der Waals surface area contributed by atoms with Crippen molar-refractivity contribution >= 4 is 11.8 Å². The lowest BCUT2D eigenvalue weighted by Gasteiger charge is -2.36. The molecule has 1 fully saturated rings. The van der Waals surface area contributed by atoms with E-state index in [4.69, 9.17) is 0 Å². The van der Waals surface area contributed by atoms with Crippen molar-refractivity contribution < 1.29 is 14.0 Å². The van der Waals surface area contributed by atoms with Crippen molar-refractivity contribution in [1.82, 2.24) is 15.5 Å². The molecule has 1 aliphatic rings. The first-order valence-corrected chi connectivity index (χ1v) is 9.90. The molecule has 154 valence electrons. The molecular formula is C23H28FN3O2. The van der Waals surface area contributed by atoms with Crippen molar-refractivity contribution in [1.29, 1.82) is 0 Å². The Morgan fingerprint density at radius 2 is 1.90 bits per heavy atom. The van der Waals surface area contributed by atoms with Gasteiger partial charge in [-0.25, -0.2) is 4.39 Å². The normalized spacial score (nSPS) is 17.1. The van der Waals surface area contributed by atoms with Crippen LogP contribution in [0.15, 0.2) is 48.5 Å². The minimum Gasteiger partial charge on any atom is -0.352 e. The van der Waals surface area contributed by atoms with Crippen molar-refractivity contribution in [3.05, 3.63) is 71.0 Å². The van der Waals surface area contributed by atoms with Crippen LogP contribution in [0.5, 0.6) is 0 Å². The van der Waals surface area contributed by atoms with Crippen LogP contribution in [0.2, 0.25) is 0 Å². The van der Waals surface area contributed by atoms with Gasteiger partial charge >= 0.3 is 0 Å². The molecule has 1 atom stereocenters. The molecule has 0 saturated carbocycles. The Morgan fingerprint density at radius 1 is 1.17 bits per heavy atom. The van der Waals surface area contributed by atoms with E-state index in [1.165, 1.54) is 12.1 Å². The third-order valence-electron chi connectivity index (χ3n) is 5.07. The maximum atomic E-state index is 13.7. The van der Waals surface area contributed by atoms with Crippen LogP contribution in [-0.4, -0.2) is 36.3 Å². The maximum absolute atomic E-state index is 13.7. The number of piperazine rings is 1.